The van der Waals surface area contributed by atoms with Crippen molar-refractivity contribution in [2.75, 3.05) is 25.0 Å². The van der Waals surface area contributed by atoms with Gasteiger partial charge in [-0.05, 0) is 49.8 Å². The summed E-state index contributed by atoms with van der Waals surface area (Å²) in [5.74, 6) is 0.398. The van der Waals surface area contributed by atoms with Gasteiger partial charge in [0.05, 0.1) is 0 Å². The number of amides is 3. The lowest BCUT2D eigenvalue weighted by Crippen LogP contribution is -2.45. The molecule has 1 saturated heterocycles. The van der Waals surface area contributed by atoms with Crippen LogP contribution in [-0.2, 0) is 4.79 Å². The van der Waals surface area contributed by atoms with Crippen molar-refractivity contribution in [3.8, 4) is 0 Å². The lowest BCUT2D eigenvalue weighted by molar-refractivity contribution is -0.124. The van der Waals surface area contributed by atoms with Crippen molar-refractivity contribution in [2.45, 2.75) is 40.5 Å². The van der Waals surface area contributed by atoms with Crippen LogP contribution >= 0.6 is 0 Å². The number of piperidine rings is 1. The van der Waals surface area contributed by atoms with E-state index in [0.29, 0.717) is 19.0 Å². The first-order valence-corrected chi connectivity index (χ1v) is 8.77. The van der Waals surface area contributed by atoms with E-state index in [1.54, 1.807) is 0 Å². The van der Waals surface area contributed by atoms with E-state index < -0.39 is 0 Å². The van der Waals surface area contributed by atoms with E-state index in [9.17, 15) is 9.59 Å². The number of hydrogen-bond acceptors (Lipinski definition) is 2. The van der Waals surface area contributed by atoms with Crippen LogP contribution in [0.4, 0.5) is 10.5 Å². The Bertz CT molecular complexity index is 598. The highest BCUT2D eigenvalue weighted by atomic mass is 16.2. The maximum absolute atomic E-state index is 12.6. The van der Waals surface area contributed by atoms with Gasteiger partial charge in [-0.3, -0.25) is 4.79 Å². The SMILES string of the molecule is Cc1ccc(C)c(NC(=O)N2CCC[C@@H](CNC(=O)C(C)C)C2)c1. The largest absolute Gasteiger partial charge is 0.356 e. The van der Waals surface area contributed by atoms with E-state index in [1.165, 1.54) is 0 Å². The Hall–Kier alpha value is -2.04. The lowest BCUT2D eigenvalue weighted by atomic mass is 9.98. The van der Waals surface area contributed by atoms with Crippen LogP contribution in [0, 0.1) is 25.7 Å². The van der Waals surface area contributed by atoms with E-state index in [2.05, 4.69) is 10.6 Å². The molecule has 1 atom stereocenters. The molecule has 1 aromatic rings. The minimum Gasteiger partial charge on any atom is -0.356 e. The first kappa shape index (κ1) is 18.3. The van der Waals surface area contributed by atoms with E-state index in [1.807, 2.05) is 50.8 Å². The molecule has 5 nitrogen and oxygen atoms in total. The number of anilines is 1. The molecule has 0 bridgehead atoms. The van der Waals surface area contributed by atoms with Crippen LogP contribution < -0.4 is 10.6 Å². The highest BCUT2D eigenvalue weighted by Crippen LogP contribution is 2.20. The monoisotopic (exact) mass is 331 g/mol. The minimum atomic E-state index is -0.0522. The number of urea groups is 1. The van der Waals surface area contributed by atoms with Gasteiger partial charge in [-0.1, -0.05) is 26.0 Å². The van der Waals surface area contributed by atoms with Crippen LogP contribution in [0.25, 0.3) is 0 Å². The van der Waals surface area contributed by atoms with Gasteiger partial charge in [-0.25, -0.2) is 4.79 Å². The Kier molecular flexibility index (Phi) is 6.23. The van der Waals surface area contributed by atoms with Gasteiger partial charge in [0.25, 0.3) is 0 Å². The second kappa shape index (κ2) is 8.18. The van der Waals surface area contributed by atoms with Crippen LogP contribution in [0.3, 0.4) is 0 Å². The fourth-order valence-electron chi connectivity index (χ4n) is 2.93. The molecule has 0 saturated carbocycles. The van der Waals surface area contributed by atoms with Crippen molar-refractivity contribution in [1.29, 1.82) is 0 Å². The van der Waals surface area contributed by atoms with Crippen molar-refractivity contribution in [2.24, 2.45) is 11.8 Å². The fourth-order valence-corrected chi connectivity index (χ4v) is 2.93. The van der Waals surface area contributed by atoms with Crippen molar-refractivity contribution in [3.05, 3.63) is 29.3 Å². The Labute approximate surface area is 144 Å². The molecule has 1 aromatic carbocycles. The first-order valence-electron chi connectivity index (χ1n) is 8.77. The van der Waals surface area contributed by atoms with Crippen LogP contribution in [0.5, 0.6) is 0 Å². The number of hydrogen-bond donors (Lipinski definition) is 2. The molecular formula is C19H29N3O2. The lowest BCUT2D eigenvalue weighted by Gasteiger charge is -2.33. The molecule has 1 fully saturated rings. The Morgan fingerprint density at radius 1 is 1.29 bits per heavy atom. The Morgan fingerprint density at radius 2 is 2.04 bits per heavy atom. The van der Waals surface area contributed by atoms with Crippen LogP contribution in [0.1, 0.15) is 37.8 Å². The zero-order chi connectivity index (χ0) is 17.7. The third kappa shape index (κ3) is 4.98. The van der Waals surface area contributed by atoms with Crippen LogP contribution in [0.2, 0.25) is 0 Å². The molecule has 0 unspecified atom stereocenters. The number of rotatable bonds is 4. The number of aryl methyl sites for hydroxylation is 2. The number of nitrogens with one attached hydrogen (secondary N) is 2. The minimum absolute atomic E-state index is 0.00251. The number of carbonyl (C=O) groups excluding carboxylic acids is 2. The predicted molar refractivity (Wildman–Crippen MR) is 97.1 cm³/mol. The zero-order valence-electron chi connectivity index (χ0n) is 15.2. The summed E-state index contributed by atoms with van der Waals surface area (Å²) in [7, 11) is 0. The van der Waals surface area contributed by atoms with Gasteiger partial charge in [0.1, 0.15) is 0 Å². The second-order valence-electron chi connectivity index (χ2n) is 7.10. The van der Waals surface area contributed by atoms with Gasteiger partial charge in [-0.2, -0.15) is 0 Å². The van der Waals surface area contributed by atoms with Crippen molar-refractivity contribution < 1.29 is 9.59 Å². The highest BCUT2D eigenvalue weighted by Gasteiger charge is 2.24. The quantitative estimate of drug-likeness (QED) is 0.889. The molecule has 1 aliphatic rings. The average molecular weight is 331 g/mol. The van der Waals surface area contributed by atoms with Crippen LogP contribution in [0.15, 0.2) is 18.2 Å². The van der Waals surface area contributed by atoms with E-state index in [4.69, 9.17) is 0 Å². The predicted octanol–water partition coefficient (Wildman–Crippen LogP) is 3.32. The fraction of sp³-hybridized carbons (Fsp3) is 0.579. The summed E-state index contributed by atoms with van der Waals surface area (Å²) < 4.78 is 0. The van der Waals surface area contributed by atoms with E-state index in [0.717, 1.165) is 36.2 Å². The second-order valence-corrected chi connectivity index (χ2v) is 7.10. The summed E-state index contributed by atoms with van der Waals surface area (Å²) in [5.41, 5.74) is 3.06. The molecule has 5 heteroatoms. The van der Waals surface area contributed by atoms with Crippen molar-refractivity contribution in [3.63, 3.8) is 0 Å². The van der Waals surface area contributed by atoms with Crippen molar-refractivity contribution >= 4 is 17.6 Å². The van der Waals surface area contributed by atoms with Crippen LogP contribution in [-0.4, -0.2) is 36.5 Å². The average Bonchev–Trinajstić information content (AvgIpc) is 2.56. The Morgan fingerprint density at radius 3 is 2.75 bits per heavy atom. The number of carbonyl (C=O) groups is 2. The first-order chi connectivity index (χ1) is 11.4. The van der Waals surface area contributed by atoms with E-state index >= 15 is 0 Å². The molecule has 0 spiro atoms. The van der Waals surface area contributed by atoms with Crippen molar-refractivity contribution in [1.82, 2.24) is 10.2 Å². The molecule has 1 heterocycles. The smallest absolute Gasteiger partial charge is 0.321 e. The number of nitrogens with zero attached hydrogens (tertiary/aromatic N) is 1. The van der Waals surface area contributed by atoms with Gasteiger partial charge < -0.3 is 15.5 Å². The summed E-state index contributed by atoms with van der Waals surface area (Å²) in [6, 6.07) is 6.01. The van der Waals surface area contributed by atoms with Gasteiger partial charge in [0, 0.05) is 31.2 Å². The molecule has 24 heavy (non-hydrogen) atoms. The summed E-state index contributed by atoms with van der Waals surface area (Å²) in [4.78, 5) is 26.1. The number of likely N-dealkylation sites (tertiary alicyclic amines) is 1. The van der Waals surface area contributed by atoms with Gasteiger partial charge in [0.2, 0.25) is 5.91 Å². The third-order valence-electron chi connectivity index (χ3n) is 4.53. The summed E-state index contributed by atoms with van der Waals surface area (Å²) in [6.07, 6.45) is 2.02. The molecule has 3 amide bonds. The molecule has 0 aromatic heterocycles. The summed E-state index contributed by atoms with van der Waals surface area (Å²) >= 11 is 0. The molecule has 2 N–H and O–H groups in total. The summed E-state index contributed by atoms with van der Waals surface area (Å²) in [5, 5.41) is 6.00. The Balaban J connectivity index is 1.90. The molecule has 1 aliphatic heterocycles. The molecule has 132 valence electrons. The van der Waals surface area contributed by atoms with E-state index in [-0.39, 0.29) is 17.9 Å². The van der Waals surface area contributed by atoms with Gasteiger partial charge >= 0.3 is 6.03 Å². The maximum Gasteiger partial charge on any atom is 0.321 e. The molecular weight excluding hydrogens is 302 g/mol. The molecule has 0 aliphatic carbocycles. The normalized spacial score (nSPS) is 17.7. The topological polar surface area (TPSA) is 61.4 Å². The highest BCUT2D eigenvalue weighted by molar-refractivity contribution is 5.90. The zero-order valence-corrected chi connectivity index (χ0v) is 15.2. The maximum atomic E-state index is 12.6. The van der Waals surface area contributed by atoms with Gasteiger partial charge in [0.15, 0.2) is 0 Å². The summed E-state index contributed by atoms with van der Waals surface area (Å²) in [6.45, 7) is 9.89. The third-order valence-corrected chi connectivity index (χ3v) is 4.53. The molecule has 2 rings (SSSR count). The number of benzene rings is 1. The molecule has 0 radical (unpaired) electrons. The standard InChI is InChI=1S/C19H29N3O2/c1-13(2)18(23)20-11-16-6-5-9-22(12-16)19(24)21-17-10-14(3)7-8-15(17)4/h7-8,10,13,16H,5-6,9,11-12H2,1-4H3,(H,20,23)(H,21,24)/t16-/m0/s1. The van der Waals surface area contributed by atoms with Gasteiger partial charge in [-0.15, -0.1) is 0 Å².